The lowest BCUT2D eigenvalue weighted by Gasteiger charge is -2.30. The molecule has 2 heterocycles. The largest absolute Gasteiger partial charge is 0.444 e. The van der Waals surface area contributed by atoms with Crippen LogP contribution in [0.15, 0.2) is 18.2 Å². The number of nitrogens with zero attached hydrogens (tertiary/aromatic N) is 2. The lowest BCUT2D eigenvalue weighted by Crippen LogP contribution is -2.40. The molecule has 1 aromatic carbocycles. The summed E-state index contributed by atoms with van der Waals surface area (Å²) in [7, 11) is 0. The van der Waals surface area contributed by atoms with Crippen molar-refractivity contribution in [2.24, 2.45) is 0 Å². The van der Waals surface area contributed by atoms with Crippen LogP contribution in [-0.2, 0) is 17.7 Å². The third-order valence-electron chi connectivity index (χ3n) is 4.04. The number of hydrogen-bond donors (Lipinski definition) is 3. The van der Waals surface area contributed by atoms with Gasteiger partial charge in [0.05, 0.1) is 17.3 Å². The average Bonchev–Trinajstić information content (AvgIpc) is 2.99. The van der Waals surface area contributed by atoms with Crippen molar-refractivity contribution >= 4 is 35.0 Å². The summed E-state index contributed by atoms with van der Waals surface area (Å²) in [6.45, 7) is 6.18. The Bertz CT molecular complexity index is 888. The van der Waals surface area contributed by atoms with Crippen molar-refractivity contribution in [3.63, 3.8) is 0 Å². The van der Waals surface area contributed by atoms with E-state index in [1.807, 2.05) is 20.8 Å². The topological polar surface area (TPSA) is 113 Å². The Morgan fingerprint density at radius 3 is 2.78 bits per heavy atom. The lowest BCUT2D eigenvalue weighted by atomic mass is 10.1. The van der Waals surface area contributed by atoms with Crippen molar-refractivity contribution in [1.29, 1.82) is 0 Å². The molecule has 0 saturated carbocycles. The number of carbonyl (C=O) groups is 2. The van der Waals surface area contributed by atoms with Crippen LogP contribution in [0, 0.1) is 0 Å². The van der Waals surface area contributed by atoms with Crippen molar-refractivity contribution in [3.05, 3.63) is 40.2 Å². The molecule has 27 heavy (non-hydrogen) atoms. The number of aromatic nitrogens is 2. The maximum absolute atomic E-state index is 12.7. The minimum absolute atomic E-state index is 0.228. The Kier molecular flexibility index (Phi) is 5.01. The zero-order valence-electron chi connectivity index (χ0n) is 15.4. The zero-order chi connectivity index (χ0) is 19.8. The van der Waals surface area contributed by atoms with E-state index in [1.165, 1.54) is 0 Å². The van der Waals surface area contributed by atoms with Gasteiger partial charge in [0.1, 0.15) is 5.60 Å². The lowest BCUT2D eigenvalue weighted by molar-refractivity contribution is 0.0222. The number of nitrogens with one attached hydrogen (secondary N) is 2. The van der Waals surface area contributed by atoms with Crippen LogP contribution in [-0.4, -0.2) is 39.2 Å². The molecular formula is C18H22ClN5O3. The van der Waals surface area contributed by atoms with E-state index in [-0.39, 0.29) is 12.2 Å². The first-order chi connectivity index (χ1) is 12.6. The fourth-order valence-electron chi connectivity index (χ4n) is 2.78. The second-order valence-corrected chi connectivity index (χ2v) is 7.78. The maximum atomic E-state index is 12.7. The van der Waals surface area contributed by atoms with Gasteiger partial charge >= 0.3 is 6.09 Å². The number of hydrogen-bond acceptors (Lipinski definition) is 5. The predicted molar refractivity (Wildman–Crippen MR) is 103 cm³/mol. The van der Waals surface area contributed by atoms with Crippen molar-refractivity contribution in [2.45, 2.75) is 39.3 Å². The number of fused-ring (bicyclic) bond motifs is 1. The molecule has 0 bridgehead atoms. The molecule has 1 aliphatic rings. The molecule has 144 valence electrons. The first-order valence-electron chi connectivity index (χ1n) is 8.54. The summed E-state index contributed by atoms with van der Waals surface area (Å²) >= 11 is 6.11. The normalized spacial score (nSPS) is 13.9. The van der Waals surface area contributed by atoms with Crippen LogP contribution in [0.3, 0.4) is 0 Å². The molecule has 8 nitrogen and oxygen atoms in total. The summed E-state index contributed by atoms with van der Waals surface area (Å²) in [6, 6.07) is 4.83. The van der Waals surface area contributed by atoms with E-state index >= 15 is 0 Å². The summed E-state index contributed by atoms with van der Waals surface area (Å²) in [5.41, 5.74) is 7.77. The van der Waals surface area contributed by atoms with Crippen LogP contribution in [0.5, 0.6) is 0 Å². The smallest absolute Gasteiger partial charge is 0.410 e. The summed E-state index contributed by atoms with van der Waals surface area (Å²) in [6.07, 6.45) is 0.152. The number of halogens is 1. The van der Waals surface area contributed by atoms with Gasteiger partial charge in [0.25, 0.3) is 5.91 Å². The van der Waals surface area contributed by atoms with Gasteiger partial charge in [-0.25, -0.2) is 4.79 Å². The first-order valence-corrected chi connectivity index (χ1v) is 8.92. The molecule has 0 atom stereocenters. The Labute approximate surface area is 162 Å². The molecule has 0 unspecified atom stereocenters. The van der Waals surface area contributed by atoms with Crippen LogP contribution >= 0.6 is 11.6 Å². The molecule has 2 aromatic rings. The van der Waals surface area contributed by atoms with Gasteiger partial charge in [-0.1, -0.05) is 11.6 Å². The Morgan fingerprint density at radius 1 is 1.37 bits per heavy atom. The van der Waals surface area contributed by atoms with E-state index in [9.17, 15) is 9.59 Å². The molecule has 0 radical (unpaired) electrons. The predicted octanol–water partition coefficient (Wildman–Crippen LogP) is 3.19. The number of rotatable bonds is 2. The SMILES string of the molecule is CC(C)(C)OC(=O)N1CCc2[nH]nc(C(=O)Nc3ccc(N)cc3Cl)c2C1. The summed E-state index contributed by atoms with van der Waals surface area (Å²) in [5, 5.41) is 10.1. The minimum atomic E-state index is -0.583. The van der Waals surface area contributed by atoms with Crippen LogP contribution in [0.25, 0.3) is 0 Å². The zero-order valence-corrected chi connectivity index (χ0v) is 16.2. The van der Waals surface area contributed by atoms with E-state index in [1.54, 1.807) is 23.1 Å². The van der Waals surface area contributed by atoms with Crippen molar-refractivity contribution in [3.8, 4) is 0 Å². The van der Waals surface area contributed by atoms with Gasteiger partial charge in [0, 0.05) is 29.9 Å². The number of amides is 2. The van der Waals surface area contributed by atoms with Crippen molar-refractivity contribution < 1.29 is 14.3 Å². The number of nitrogen functional groups attached to an aromatic ring is 1. The number of anilines is 2. The fraction of sp³-hybridized carbons (Fsp3) is 0.389. The molecule has 0 saturated heterocycles. The minimum Gasteiger partial charge on any atom is -0.444 e. The highest BCUT2D eigenvalue weighted by atomic mass is 35.5. The standard InChI is InChI=1S/C18H22ClN5O3/c1-18(2,3)27-17(26)24-7-6-13-11(9-24)15(23-22-13)16(25)21-14-5-4-10(20)8-12(14)19/h4-5,8H,6-7,9,20H2,1-3H3,(H,21,25)(H,22,23). The molecule has 2 amide bonds. The molecule has 4 N–H and O–H groups in total. The molecule has 0 fully saturated rings. The summed E-state index contributed by atoms with van der Waals surface area (Å²) in [4.78, 5) is 26.6. The van der Waals surface area contributed by atoms with Gasteiger partial charge in [-0.3, -0.25) is 9.89 Å². The van der Waals surface area contributed by atoms with Crippen LogP contribution < -0.4 is 11.1 Å². The van der Waals surface area contributed by atoms with Crippen molar-refractivity contribution in [2.75, 3.05) is 17.6 Å². The van der Waals surface area contributed by atoms with E-state index < -0.39 is 17.6 Å². The van der Waals surface area contributed by atoms with Gasteiger partial charge < -0.3 is 20.7 Å². The van der Waals surface area contributed by atoms with E-state index in [0.717, 1.165) is 5.69 Å². The van der Waals surface area contributed by atoms with Crippen LogP contribution in [0.4, 0.5) is 16.2 Å². The summed E-state index contributed by atoms with van der Waals surface area (Å²) in [5.74, 6) is -0.412. The number of ether oxygens (including phenoxy) is 1. The maximum Gasteiger partial charge on any atom is 0.410 e. The summed E-state index contributed by atoms with van der Waals surface area (Å²) < 4.78 is 5.42. The third-order valence-corrected chi connectivity index (χ3v) is 4.35. The highest BCUT2D eigenvalue weighted by Crippen LogP contribution is 2.26. The van der Waals surface area contributed by atoms with E-state index in [0.29, 0.717) is 34.9 Å². The highest BCUT2D eigenvalue weighted by Gasteiger charge is 2.30. The molecular weight excluding hydrogens is 370 g/mol. The second-order valence-electron chi connectivity index (χ2n) is 7.37. The number of H-pyrrole nitrogens is 1. The molecule has 1 aliphatic heterocycles. The fourth-order valence-corrected chi connectivity index (χ4v) is 3.02. The van der Waals surface area contributed by atoms with Gasteiger partial charge in [-0.05, 0) is 39.0 Å². The third kappa shape index (κ3) is 4.33. The Balaban J connectivity index is 1.77. The molecule has 3 rings (SSSR count). The molecule has 9 heteroatoms. The monoisotopic (exact) mass is 391 g/mol. The van der Waals surface area contributed by atoms with Crippen LogP contribution in [0.1, 0.15) is 42.5 Å². The van der Waals surface area contributed by atoms with E-state index in [2.05, 4.69) is 15.5 Å². The number of nitrogens with two attached hydrogens (primary N) is 1. The molecule has 0 spiro atoms. The number of aromatic amines is 1. The number of benzene rings is 1. The second kappa shape index (κ2) is 7.11. The Hall–Kier alpha value is -2.74. The average molecular weight is 392 g/mol. The van der Waals surface area contributed by atoms with E-state index in [4.69, 9.17) is 22.1 Å². The van der Waals surface area contributed by atoms with Crippen LogP contribution in [0.2, 0.25) is 5.02 Å². The molecule has 0 aliphatic carbocycles. The quantitative estimate of drug-likeness (QED) is 0.680. The van der Waals surface area contributed by atoms with Gasteiger partial charge in [0.2, 0.25) is 0 Å². The van der Waals surface area contributed by atoms with Gasteiger partial charge in [0.15, 0.2) is 5.69 Å². The Morgan fingerprint density at radius 2 is 2.11 bits per heavy atom. The van der Waals surface area contributed by atoms with Gasteiger partial charge in [-0.2, -0.15) is 5.10 Å². The molecule has 1 aromatic heterocycles. The van der Waals surface area contributed by atoms with Gasteiger partial charge in [-0.15, -0.1) is 0 Å². The highest BCUT2D eigenvalue weighted by molar-refractivity contribution is 6.34. The van der Waals surface area contributed by atoms with Crippen molar-refractivity contribution in [1.82, 2.24) is 15.1 Å². The number of carbonyl (C=O) groups excluding carboxylic acids is 2. The first kappa shape index (κ1) is 19.0.